The molecule has 0 bridgehead atoms. The summed E-state index contributed by atoms with van der Waals surface area (Å²) in [4.78, 5) is 1.44. The summed E-state index contributed by atoms with van der Waals surface area (Å²) in [6, 6.07) is 10.9. The fraction of sp³-hybridized carbons (Fsp3) is 0.625. The van der Waals surface area contributed by atoms with Crippen LogP contribution in [0.25, 0.3) is 0 Å². The van der Waals surface area contributed by atoms with E-state index in [2.05, 4.69) is 74.6 Å². The fourth-order valence-corrected chi connectivity index (χ4v) is 5.94. The molecule has 2 heteroatoms. The average Bonchev–Trinajstić information content (AvgIpc) is 2.35. The van der Waals surface area contributed by atoms with Crippen LogP contribution in [-0.2, 0) is 0 Å². The van der Waals surface area contributed by atoms with Gasteiger partial charge < -0.3 is 0 Å². The van der Waals surface area contributed by atoms with E-state index >= 15 is 0 Å². The predicted octanol–water partition coefficient (Wildman–Crippen LogP) is 5.68. The van der Waals surface area contributed by atoms with Gasteiger partial charge in [-0.3, -0.25) is 0 Å². The summed E-state index contributed by atoms with van der Waals surface area (Å²) in [7, 11) is 0. The van der Waals surface area contributed by atoms with Crippen LogP contribution in [0.3, 0.4) is 0 Å². The van der Waals surface area contributed by atoms with Gasteiger partial charge in [0, 0.05) is 4.90 Å². The van der Waals surface area contributed by atoms with E-state index in [-0.39, 0.29) is 0 Å². The summed E-state index contributed by atoms with van der Waals surface area (Å²) in [5.74, 6) is 2.98. The Labute approximate surface area is 120 Å². The number of thioether (sulfide) groups is 2. The molecule has 1 aliphatic carbocycles. The van der Waals surface area contributed by atoms with Crippen LogP contribution in [0.2, 0.25) is 0 Å². The van der Waals surface area contributed by atoms with Crippen LogP contribution in [0, 0.1) is 11.8 Å². The highest BCUT2D eigenvalue weighted by Crippen LogP contribution is 2.59. The van der Waals surface area contributed by atoms with Crippen molar-refractivity contribution in [3.05, 3.63) is 30.3 Å². The minimum atomic E-state index is 0.459. The Morgan fingerprint density at radius 2 is 2.00 bits per heavy atom. The van der Waals surface area contributed by atoms with Crippen LogP contribution >= 0.6 is 23.5 Å². The molecule has 1 fully saturated rings. The SMILES string of the molecule is CCC1CCC1(SCC(C)C)Sc1ccccc1. The van der Waals surface area contributed by atoms with E-state index in [1.54, 1.807) is 0 Å². The molecule has 18 heavy (non-hydrogen) atoms. The second kappa shape index (κ2) is 6.38. The van der Waals surface area contributed by atoms with Crippen molar-refractivity contribution in [2.75, 3.05) is 5.75 Å². The molecule has 1 saturated carbocycles. The van der Waals surface area contributed by atoms with Crippen molar-refractivity contribution in [3.63, 3.8) is 0 Å². The van der Waals surface area contributed by atoms with Crippen LogP contribution in [0.5, 0.6) is 0 Å². The van der Waals surface area contributed by atoms with E-state index in [0.29, 0.717) is 4.08 Å². The quantitative estimate of drug-likeness (QED) is 0.614. The van der Waals surface area contributed by atoms with Crippen LogP contribution in [0.1, 0.15) is 40.0 Å². The van der Waals surface area contributed by atoms with Gasteiger partial charge in [-0.2, -0.15) is 0 Å². The van der Waals surface area contributed by atoms with Gasteiger partial charge >= 0.3 is 0 Å². The molecule has 0 aromatic heterocycles. The molecule has 0 N–H and O–H groups in total. The van der Waals surface area contributed by atoms with Gasteiger partial charge in [0.2, 0.25) is 0 Å². The second-order valence-electron chi connectivity index (χ2n) is 5.58. The molecule has 0 heterocycles. The van der Waals surface area contributed by atoms with Gasteiger partial charge in [0.25, 0.3) is 0 Å². The topological polar surface area (TPSA) is 0 Å². The summed E-state index contributed by atoms with van der Waals surface area (Å²) in [6.45, 7) is 7.00. The van der Waals surface area contributed by atoms with Crippen molar-refractivity contribution in [1.29, 1.82) is 0 Å². The zero-order valence-corrected chi connectivity index (χ0v) is 13.3. The van der Waals surface area contributed by atoms with E-state index < -0.39 is 0 Å². The highest BCUT2D eigenvalue weighted by Gasteiger charge is 2.46. The zero-order valence-electron chi connectivity index (χ0n) is 11.7. The smallest absolute Gasteiger partial charge is 0.0686 e. The Balaban J connectivity index is 2.06. The van der Waals surface area contributed by atoms with Crippen LogP contribution in [-0.4, -0.2) is 9.83 Å². The van der Waals surface area contributed by atoms with Crippen LogP contribution < -0.4 is 0 Å². The van der Waals surface area contributed by atoms with Gasteiger partial charge in [-0.15, -0.1) is 23.5 Å². The molecule has 2 atom stereocenters. The van der Waals surface area contributed by atoms with Crippen molar-refractivity contribution >= 4 is 23.5 Å². The van der Waals surface area contributed by atoms with E-state index in [4.69, 9.17) is 0 Å². The third kappa shape index (κ3) is 3.27. The Bertz CT molecular complexity index is 359. The lowest BCUT2D eigenvalue weighted by Gasteiger charge is -2.49. The van der Waals surface area contributed by atoms with Crippen LogP contribution in [0.15, 0.2) is 35.2 Å². The van der Waals surface area contributed by atoms with Gasteiger partial charge in [-0.1, -0.05) is 45.4 Å². The largest absolute Gasteiger partial charge is 0.143 e. The van der Waals surface area contributed by atoms with Crippen molar-refractivity contribution < 1.29 is 0 Å². The summed E-state index contributed by atoms with van der Waals surface area (Å²) in [5, 5.41) is 0. The highest BCUT2D eigenvalue weighted by molar-refractivity contribution is 8.18. The molecular weight excluding hydrogens is 256 g/mol. The Hall–Kier alpha value is -0.0800. The predicted molar refractivity (Wildman–Crippen MR) is 85.3 cm³/mol. The lowest BCUT2D eigenvalue weighted by atomic mass is 9.82. The minimum absolute atomic E-state index is 0.459. The molecule has 1 aromatic rings. The molecule has 2 unspecified atom stereocenters. The number of benzene rings is 1. The van der Waals surface area contributed by atoms with Crippen molar-refractivity contribution in [2.24, 2.45) is 11.8 Å². The Kier molecular flexibility index (Phi) is 5.08. The van der Waals surface area contributed by atoms with E-state index in [1.807, 2.05) is 0 Å². The van der Waals surface area contributed by atoms with Gasteiger partial charge in [-0.05, 0) is 42.6 Å². The number of hydrogen-bond donors (Lipinski definition) is 0. The maximum absolute atomic E-state index is 2.35. The van der Waals surface area contributed by atoms with E-state index in [1.165, 1.54) is 29.9 Å². The Morgan fingerprint density at radius 3 is 2.50 bits per heavy atom. The summed E-state index contributed by atoms with van der Waals surface area (Å²) >= 11 is 4.32. The molecule has 0 aliphatic heterocycles. The molecule has 0 spiro atoms. The molecular formula is C16H24S2. The van der Waals surface area contributed by atoms with Gasteiger partial charge in [-0.25, -0.2) is 0 Å². The van der Waals surface area contributed by atoms with Crippen molar-refractivity contribution in [2.45, 2.75) is 49.0 Å². The normalized spacial score (nSPS) is 27.2. The van der Waals surface area contributed by atoms with Gasteiger partial charge in [0.05, 0.1) is 4.08 Å². The highest BCUT2D eigenvalue weighted by atomic mass is 32.2. The fourth-order valence-electron chi connectivity index (χ4n) is 2.45. The first kappa shape index (κ1) is 14.3. The molecule has 0 amide bonds. The van der Waals surface area contributed by atoms with Crippen molar-refractivity contribution in [1.82, 2.24) is 0 Å². The maximum Gasteiger partial charge on any atom is 0.0686 e. The Morgan fingerprint density at radius 1 is 1.28 bits per heavy atom. The summed E-state index contributed by atoms with van der Waals surface area (Å²) in [5.41, 5.74) is 0. The maximum atomic E-state index is 2.35. The monoisotopic (exact) mass is 280 g/mol. The van der Waals surface area contributed by atoms with Gasteiger partial charge in [0.1, 0.15) is 0 Å². The average molecular weight is 281 g/mol. The lowest BCUT2D eigenvalue weighted by molar-refractivity contribution is 0.293. The summed E-state index contributed by atoms with van der Waals surface area (Å²) < 4.78 is 0.459. The van der Waals surface area contributed by atoms with Crippen molar-refractivity contribution in [3.8, 4) is 0 Å². The van der Waals surface area contributed by atoms with E-state index in [9.17, 15) is 0 Å². The zero-order chi connectivity index (χ0) is 13.0. The third-order valence-corrected chi connectivity index (χ3v) is 7.50. The van der Waals surface area contributed by atoms with Crippen LogP contribution in [0.4, 0.5) is 0 Å². The molecule has 0 saturated heterocycles. The first-order valence-electron chi connectivity index (χ1n) is 7.04. The first-order chi connectivity index (χ1) is 8.66. The molecule has 100 valence electrons. The molecule has 0 nitrogen and oxygen atoms in total. The summed E-state index contributed by atoms with van der Waals surface area (Å²) in [6.07, 6.45) is 4.12. The molecule has 1 aromatic carbocycles. The number of rotatable bonds is 6. The molecule has 2 rings (SSSR count). The number of hydrogen-bond acceptors (Lipinski definition) is 2. The lowest BCUT2D eigenvalue weighted by Crippen LogP contribution is -2.41. The first-order valence-corrected chi connectivity index (χ1v) is 8.84. The van der Waals surface area contributed by atoms with E-state index in [0.717, 1.165) is 11.8 Å². The second-order valence-corrected chi connectivity index (χ2v) is 8.59. The standard InChI is InChI=1S/C16H24S2/c1-4-14-10-11-16(14,17-12-13(2)3)18-15-8-6-5-7-9-15/h5-9,13-14H,4,10-12H2,1-3H3. The molecule has 0 radical (unpaired) electrons. The molecule has 1 aliphatic rings. The van der Waals surface area contributed by atoms with Gasteiger partial charge in [0.15, 0.2) is 0 Å². The minimum Gasteiger partial charge on any atom is -0.143 e. The third-order valence-electron chi connectivity index (χ3n) is 3.65.